The number of hydrogen-bond acceptors (Lipinski definition) is 4. The molecule has 0 aromatic heterocycles. The van der Waals surface area contributed by atoms with Gasteiger partial charge in [-0.25, -0.2) is 4.79 Å². The van der Waals surface area contributed by atoms with Gasteiger partial charge in [-0.15, -0.1) is 0 Å². The van der Waals surface area contributed by atoms with Crippen LogP contribution >= 0.6 is 0 Å². The second-order valence-corrected chi connectivity index (χ2v) is 8.21. The summed E-state index contributed by atoms with van der Waals surface area (Å²) in [5.41, 5.74) is 2.03. The van der Waals surface area contributed by atoms with Gasteiger partial charge in [0.05, 0.1) is 5.92 Å². The van der Waals surface area contributed by atoms with E-state index in [0.29, 0.717) is 0 Å². The Morgan fingerprint density at radius 3 is 2.79 bits per heavy atom. The topological polar surface area (TPSA) is 52.6 Å². The lowest BCUT2D eigenvalue weighted by atomic mass is 9.55. The first-order valence-electron chi connectivity index (χ1n) is 8.96. The normalized spacial score (nSPS) is 40.8. The summed E-state index contributed by atoms with van der Waals surface area (Å²) in [6.07, 6.45) is 6.12. The highest BCUT2D eigenvalue weighted by molar-refractivity contribution is 5.82. The molecule has 1 heterocycles. The molecule has 0 aromatic carbocycles. The molecule has 1 saturated heterocycles. The van der Waals surface area contributed by atoms with Crippen molar-refractivity contribution in [2.75, 3.05) is 0 Å². The molecule has 2 fully saturated rings. The van der Waals surface area contributed by atoms with Crippen LogP contribution < -0.4 is 0 Å². The molecule has 6 atom stereocenters. The van der Waals surface area contributed by atoms with Gasteiger partial charge in [0.2, 0.25) is 0 Å². The molecule has 0 aromatic rings. The maximum Gasteiger partial charge on any atom is 0.330 e. The number of esters is 2. The van der Waals surface area contributed by atoms with Crippen LogP contribution in [0.1, 0.15) is 53.9 Å². The van der Waals surface area contributed by atoms with Gasteiger partial charge in [-0.3, -0.25) is 4.79 Å². The number of fused-ring (bicyclic) bond motifs is 3. The van der Waals surface area contributed by atoms with Crippen molar-refractivity contribution in [1.82, 2.24) is 0 Å². The number of rotatable bonds is 2. The molecule has 0 amide bonds. The third-order valence-electron chi connectivity index (χ3n) is 6.29. The van der Waals surface area contributed by atoms with Gasteiger partial charge in [-0.05, 0) is 33.6 Å². The molecule has 4 nitrogen and oxygen atoms in total. The minimum atomic E-state index is -0.271. The predicted molar refractivity (Wildman–Crippen MR) is 91.1 cm³/mol. The third-order valence-corrected chi connectivity index (χ3v) is 6.29. The van der Waals surface area contributed by atoms with Crippen molar-refractivity contribution in [3.8, 4) is 0 Å². The number of hydrogen-bond donors (Lipinski definition) is 0. The van der Waals surface area contributed by atoms with E-state index in [4.69, 9.17) is 9.47 Å². The first-order valence-corrected chi connectivity index (χ1v) is 8.96. The van der Waals surface area contributed by atoms with Crippen molar-refractivity contribution in [1.29, 1.82) is 0 Å². The van der Waals surface area contributed by atoms with E-state index >= 15 is 0 Å². The van der Waals surface area contributed by atoms with Crippen molar-refractivity contribution < 1.29 is 19.1 Å². The fraction of sp³-hybridized carbons (Fsp3) is 0.700. The Kier molecular flexibility index (Phi) is 4.35. The standard InChI is InChI=1S/C20H28O4/c1-11(2)10-16(21)23-15-7-6-12(3)17-18-14(8-9-20(15,17)5)13(4)19(22)24-18/h6,10,13-15,17-18H,7-9H2,1-5H3. The average Bonchev–Trinajstić information content (AvgIpc) is 2.76. The first-order chi connectivity index (χ1) is 11.2. The van der Waals surface area contributed by atoms with Crippen LogP contribution in [0.5, 0.6) is 0 Å². The van der Waals surface area contributed by atoms with E-state index in [2.05, 4.69) is 19.9 Å². The third kappa shape index (κ3) is 2.70. The molecule has 0 radical (unpaired) electrons. The van der Waals surface area contributed by atoms with Crippen molar-refractivity contribution in [2.45, 2.75) is 66.1 Å². The average molecular weight is 332 g/mol. The van der Waals surface area contributed by atoms with Crippen LogP contribution in [0, 0.1) is 23.2 Å². The zero-order valence-electron chi connectivity index (χ0n) is 15.3. The first kappa shape index (κ1) is 17.2. The van der Waals surface area contributed by atoms with Gasteiger partial charge >= 0.3 is 11.9 Å². The van der Waals surface area contributed by atoms with Gasteiger partial charge in [-0.1, -0.05) is 31.1 Å². The van der Waals surface area contributed by atoms with Gasteiger partial charge in [0, 0.05) is 29.7 Å². The molecule has 1 aliphatic heterocycles. The highest BCUT2D eigenvalue weighted by Crippen LogP contribution is 2.57. The molecule has 0 spiro atoms. The lowest BCUT2D eigenvalue weighted by Gasteiger charge is -2.52. The molecule has 0 N–H and O–H groups in total. The van der Waals surface area contributed by atoms with Gasteiger partial charge in [0.25, 0.3) is 0 Å². The van der Waals surface area contributed by atoms with E-state index < -0.39 is 0 Å². The zero-order chi connectivity index (χ0) is 17.6. The Bertz CT molecular complexity index is 613. The van der Waals surface area contributed by atoms with Crippen molar-refractivity contribution in [2.24, 2.45) is 23.2 Å². The van der Waals surface area contributed by atoms with Gasteiger partial charge in [-0.2, -0.15) is 0 Å². The molecule has 0 bridgehead atoms. The summed E-state index contributed by atoms with van der Waals surface area (Å²) >= 11 is 0. The Morgan fingerprint density at radius 1 is 1.42 bits per heavy atom. The van der Waals surface area contributed by atoms with E-state index in [1.807, 2.05) is 20.8 Å². The molecule has 3 rings (SSSR count). The Labute approximate surface area is 144 Å². The molecule has 132 valence electrons. The summed E-state index contributed by atoms with van der Waals surface area (Å²) < 4.78 is 11.6. The van der Waals surface area contributed by atoms with E-state index in [-0.39, 0.29) is 47.3 Å². The van der Waals surface area contributed by atoms with Crippen LogP contribution in [-0.2, 0) is 19.1 Å². The number of carbonyl (C=O) groups is 2. The Hall–Kier alpha value is -1.58. The Morgan fingerprint density at radius 2 is 2.12 bits per heavy atom. The van der Waals surface area contributed by atoms with Crippen LogP contribution in [0.25, 0.3) is 0 Å². The summed E-state index contributed by atoms with van der Waals surface area (Å²) in [5, 5.41) is 0. The highest BCUT2D eigenvalue weighted by atomic mass is 16.6. The maximum absolute atomic E-state index is 12.1. The summed E-state index contributed by atoms with van der Waals surface area (Å²) in [4.78, 5) is 24.2. The minimum Gasteiger partial charge on any atom is -0.461 e. The molecular weight excluding hydrogens is 304 g/mol. The fourth-order valence-electron chi connectivity index (χ4n) is 4.95. The molecule has 4 heteroatoms. The molecule has 24 heavy (non-hydrogen) atoms. The lowest BCUT2D eigenvalue weighted by molar-refractivity contribution is -0.165. The van der Waals surface area contributed by atoms with Gasteiger partial charge < -0.3 is 9.47 Å². The highest BCUT2D eigenvalue weighted by Gasteiger charge is 2.59. The summed E-state index contributed by atoms with van der Waals surface area (Å²) in [5.74, 6) is 0.0491. The van der Waals surface area contributed by atoms with Gasteiger partial charge in [0.15, 0.2) is 0 Å². The smallest absolute Gasteiger partial charge is 0.330 e. The quantitative estimate of drug-likeness (QED) is 0.438. The predicted octanol–water partition coefficient (Wildman–Crippen LogP) is 3.81. The minimum absolute atomic E-state index is 0.0269. The summed E-state index contributed by atoms with van der Waals surface area (Å²) in [7, 11) is 0. The van der Waals surface area contributed by atoms with Crippen molar-refractivity contribution >= 4 is 11.9 Å². The molecule has 6 unspecified atom stereocenters. The largest absolute Gasteiger partial charge is 0.461 e. The molecule has 2 aliphatic carbocycles. The number of ether oxygens (including phenoxy) is 2. The second-order valence-electron chi connectivity index (χ2n) is 8.21. The van der Waals surface area contributed by atoms with Crippen molar-refractivity contribution in [3.63, 3.8) is 0 Å². The summed E-state index contributed by atoms with van der Waals surface area (Å²) in [6, 6.07) is 0. The molecule has 3 aliphatic rings. The molecule has 1 saturated carbocycles. The Balaban J connectivity index is 1.88. The SMILES string of the molecule is CC(C)=CC(=O)OC1CC=C(C)C2C3OC(=O)C(C)C3CCC12C. The van der Waals surface area contributed by atoms with Gasteiger partial charge in [0.1, 0.15) is 12.2 Å². The van der Waals surface area contributed by atoms with Crippen LogP contribution in [0.4, 0.5) is 0 Å². The van der Waals surface area contributed by atoms with Crippen LogP contribution in [0.3, 0.4) is 0 Å². The zero-order valence-corrected chi connectivity index (χ0v) is 15.3. The maximum atomic E-state index is 12.1. The molecular formula is C20H28O4. The van der Waals surface area contributed by atoms with E-state index in [1.54, 1.807) is 6.08 Å². The number of carbonyl (C=O) groups excluding carboxylic acids is 2. The lowest BCUT2D eigenvalue weighted by Crippen LogP contribution is -2.53. The fourth-order valence-corrected chi connectivity index (χ4v) is 4.95. The van der Waals surface area contributed by atoms with Crippen LogP contribution in [0.15, 0.2) is 23.3 Å². The second kappa shape index (κ2) is 6.05. The van der Waals surface area contributed by atoms with E-state index in [0.717, 1.165) is 24.8 Å². The summed E-state index contributed by atoms with van der Waals surface area (Å²) in [6.45, 7) is 10.1. The van der Waals surface area contributed by atoms with Crippen molar-refractivity contribution in [3.05, 3.63) is 23.3 Å². The number of allylic oxidation sites excluding steroid dienone is 1. The van der Waals surface area contributed by atoms with Crippen LogP contribution in [0.2, 0.25) is 0 Å². The monoisotopic (exact) mass is 332 g/mol. The van der Waals surface area contributed by atoms with E-state index in [9.17, 15) is 9.59 Å². The van der Waals surface area contributed by atoms with Crippen LogP contribution in [-0.4, -0.2) is 24.1 Å². The van der Waals surface area contributed by atoms with E-state index in [1.165, 1.54) is 5.57 Å².